The monoisotopic (exact) mass is 263 g/mol. The Kier molecular flexibility index (Phi) is 2.26. The average Bonchev–Trinajstić information content (AvgIpc) is 3.01. The third-order valence-electron chi connectivity index (χ3n) is 3.55. The molecule has 3 heterocycles. The van der Waals surface area contributed by atoms with Crippen molar-refractivity contribution in [2.75, 3.05) is 0 Å². The number of pyridine rings is 1. The van der Waals surface area contributed by atoms with Crippen LogP contribution in [-0.2, 0) is 0 Å². The topological polar surface area (TPSA) is 4.41 Å². The van der Waals surface area contributed by atoms with Crippen LogP contribution in [-0.4, -0.2) is 4.40 Å². The largest absolute Gasteiger partial charge is 0.315 e. The zero-order chi connectivity index (χ0) is 12.8. The lowest BCUT2D eigenvalue weighted by Crippen LogP contribution is -1.84. The van der Waals surface area contributed by atoms with Crippen LogP contribution < -0.4 is 0 Å². The summed E-state index contributed by atoms with van der Waals surface area (Å²) in [5.41, 5.74) is 3.90. The summed E-state index contributed by atoms with van der Waals surface area (Å²) in [5, 5.41) is 1.33. The highest BCUT2D eigenvalue weighted by atomic mass is 32.1. The van der Waals surface area contributed by atoms with E-state index < -0.39 is 0 Å². The van der Waals surface area contributed by atoms with E-state index in [2.05, 4.69) is 72.1 Å². The first-order valence-electron chi connectivity index (χ1n) is 6.38. The van der Waals surface area contributed by atoms with Crippen molar-refractivity contribution in [3.05, 3.63) is 66.4 Å². The Morgan fingerprint density at radius 3 is 2.68 bits per heavy atom. The lowest BCUT2D eigenvalue weighted by molar-refractivity contribution is 1.21. The predicted molar refractivity (Wildman–Crippen MR) is 83.0 cm³/mol. The van der Waals surface area contributed by atoms with Gasteiger partial charge < -0.3 is 4.40 Å². The molecule has 1 aromatic carbocycles. The van der Waals surface area contributed by atoms with Crippen LogP contribution in [0, 0.1) is 6.92 Å². The molecule has 0 atom stereocenters. The molecule has 1 nitrogen and oxygen atoms in total. The Morgan fingerprint density at radius 1 is 0.947 bits per heavy atom. The van der Waals surface area contributed by atoms with Gasteiger partial charge in [0.1, 0.15) is 0 Å². The van der Waals surface area contributed by atoms with Gasteiger partial charge in [0.2, 0.25) is 0 Å². The van der Waals surface area contributed by atoms with E-state index in [4.69, 9.17) is 0 Å². The lowest BCUT2D eigenvalue weighted by atomic mass is 10.2. The van der Waals surface area contributed by atoms with Crippen molar-refractivity contribution >= 4 is 26.9 Å². The van der Waals surface area contributed by atoms with Crippen molar-refractivity contribution in [2.24, 2.45) is 0 Å². The zero-order valence-electron chi connectivity index (χ0n) is 10.6. The minimum atomic E-state index is 1.29. The van der Waals surface area contributed by atoms with Crippen LogP contribution >= 0.6 is 11.3 Å². The molecule has 19 heavy (non-hydrogen) atoms. The minimum Gasteiger partial charge on any atom is -0.315 e. The van der Waals surface area contributed by atoms with Crippen LogP contribution in [0.15, 0.2) is 60.8 Å². The summed E-state index contributed by atoms with van der Waals surface area (Å²) in [6.07, 6.45) is 2.14. The van der Waals surface area contributed by atoms with Gasteiger partial charge in [0, 0.05) is 16.4 Å². The molecule has 0 fully saturated rings. The lowest BCUT2D eigenvalue weighted by Gasteiger charge is -1.99. The maximum absolute atomic E-state index is 2.29. The first kappa shape index (κ1) is 10.8. The maximum atomic E-state index is 2.29. The third-order valence-corrected chi connectivity index (χ3v) is 4.69. The summed E-state index contributed by atoms with van der Waals surface area (Å²) in [7, 11) is 0. The molecule has 0 radical (unpaired) electrons. The summed E-state index contributed by atoms with van der Waals surface area (Å²) in [5.74, 6) is 0. The fraction of sp³-hybridized carbons (Fsp3) is 0.0588. The van der Waals surface area contributed by atoms with Gasteiger partial charge in [-0.1, -0.05) is 24.3 Å². The first-order chi connectivity index (χ1) is 9.33. The maximum Gasteiger partial charge on any atom is 0.0631 e. The molecule has 0 saturated heterocycles. The zero-order valence-corrected chi connectivity index (χ0v) is 11.4. The van der Waals surface area contributed by atoms with Gasteiger partial charge >= 0.3 is 0 Å². The molecular weight excluding hydrogens is 250 g/mol. The standard InChI is InChI=1S/C17H13NS/c1-12-10-15(18-9-5-4-7-14(12)18)17-11-13-6-2-3-8-16(13)19-17/h2-11H,1H3. The van der Waals surface area contributed by atoms with E-state index in [-0.39, 0.29) is 0 Å². The van der Waals surface area contributed by atoms with Crippen LogP contribution in [0.4, 0.5) is 0 Å². The SMILES string of the molecule is Cc1cc(-c2cc3ccccc3s2)n2ccccc12. The number of hydrogen-bond acceptors (Lipinski definition) is 1. The second-order valence-electron chi connectivity index (χ2n) is 4.82. The molecule has 0 spiro atoms. The molecule has 0 aliphatic rings. The highest BCUT2D eigenvalue weighted by Gasteiger charge is 2.10. The van der Waals surface area contributed by atoms with Crippen molar-refractivity contribution in [1.29, 1.82) is 0 Å². The minimum absolute atomic E-state index is 1.29. The van der Waals surface area contributed by atoms with E-state index in [1.165, 1.54) is 31.7 Å². The number of aromatic nitrogens is 1. The van der Waals surface area contributed by atoms with Crippen LogP contribution in [0.5, 0.6) is 0 Å². The summed E-state index contributed by atoms with van der Waals surface area (Å²) in [6, 6.07) is 19.5. The summed E-state index contributed by atoms with van der Waals surface area (Å²) in [4.78, 5) is 1.33. The molecule has 0 aliphatic carbocycles. The van der Waals surface area contributed by atoms with Gasteiger partial charge in [-0.25, -0.2) is 0 Å². The highest BCUT2D eigenvalue weighted by Crippen LogP contribution is 2.35. The average molecular weight is 263 g/mol. The molecule has 0 bridgehead atoms. The first-order valence-corrected chi connectivity index (χ1v) is 7.20. The second-order valence-corrected chi connectivity index (χ2v) is 5.90. The highest BCUT2D eigenvalue weighted by molar-refractivity contribution is 7.22. The van der Waals surface area contributed by atoms with E-state index in [0.717, 1.165) is 0 Å². The number of rotatable bonds is 1. The number of thiophene rings is 1. The smallest absolute Gasteiger partial charge is 0.0631 e. The normalized spacial score (nSPS) is 11.4. The van der Waals surface area contributed by atoms with Crippen molar-refractivity contribution in [3.63, 3.8) is 0 Å². The van der Waals surface area contributed by atoms with Gasteiger partial charge in [-0.15, -0.1) is 11.3 Å². The number of nitrogens with zero attached hydrogens (tertiary/aromatic N) is 1. The Bertz CT molecular complexity index is 849. The number of hydrogen-bond donors (Lipinski definition) is 0. The Hall–Kier alpha value is -2.06. The van der Waals surface area contributed by atoms with E-state index in [1.54, 1.807) is 0 Å². The number of fused-ring (bicyclic) bond motifs is 2. The van der Waals surface area contributed by atoms with Crippen LogP contribution in [0.2, 0.25) is 0 Å². The van der Waals surface area contributed by atoms with Gasteiger partial charge in [-0.3, -0.25) is 0 Å². The number of aryl methyl sites for hydroxylation is 1. The van der Waals surface area contributed by atoms with Crippen molar-refractivity contribution < 1.29 is 0 Å². The summed E-state index contributed by atoms with van der Waals surface area (Å²) >= 11 is 1.86. The Labute approximate surface area is 115 Å². The van der Waals surface area contributed by atoms with E-state index in [9.17, 15) is 0 Å². The Morgan fingerprint density at radius 2 is 1.79 bits per heavy atom. The van der Waals surface area contributed by atoms with E-state index in [1.807, 2.05) is 11.3 Å². The van der Waals surface area contributed by atoms with Gasteiger partial charge in [-0.2, -0.15) is 0 Å². The van der Waals surface area contributed by atoms with Crippen LogP contribution in [0.25, 0.3) is 26.2 Å². The van der Waals surface area contributed by atoms with E-state index in [0.29, 0.717) is 0 Å². The molecule has 4 rings (SSSR count). The van der Waals surface area contributed by atoms with Gasteiger partial charge in [0.15, 0.2) is 0 Å². The predicted octanol–water partition coefficient (Wildman–Crippen LogP) is 5.13. The van der Waals surface area contributed by atoms with Gasteiger partial charge in [-0.05, 0) is 48.2 Å². The van der Waals surface area contributed by atoms with Crippen LogP contribution in [0.1, 0.15) is 5.56 Å². The molecule has 0 unspecified atom stereocenters. The van der Waals surface area contributed by atoms with Gasteiger partial charge in [0.05, 0.1) is 10.6 Å². The fourth-order valence-corrected chi connectivity index (χ4v) is 3.70. The van der Waals surface area contributed by atoms with Crippen LogP contribution in [0.3, 0.4) is 0 Å². The number of benzene rings is 1. The van der Waals surface area contributed by atoms with E-state index >= 15 is 0 Å². The molecule has 3 aromatic heterocycles. The fourth-order valence-electron chi connectivity index (χ4n) is 2.62. The second kappa shape index (κ2) is 3.97. The summed E-state index contributed by atoms with van der Waals surface area (Å²) < 4.78 is 3.63. The molecule has 0 saturated carbocycles. The third kappa shape index (κ3) is 1.60. The van der Waals surface area contributed by atoms with Crippen molar-refractivity contribution in [2.45, 2.75) is 6.92 Å². The van der Waals surface area contributed by atoms with Crippen molar-refractivity contribution in [1.82, 2.24) is 4.40 Å². The summed E-state index contributed by atoms with van der Waals surface area (Å²) in [6.45, 7) is 2.17. The molecular formula is C17H13NS. The molecule has 92 valence electrons. The molecule has 0 amide bonds. The molecule has 4 aromatic rings. The van der Waals surface area contributed by atoms with Crippen molar-refractivity contribution in [3.8, 4) is 10.6 Å². The molecule has 0 N–H and O–H groups in total. The Balaban J connectivity index is 2.04. The van der Waals surface area contributed by atoms with Gasteiger partial charge in [0.25, 0.3) is 0 Å². The molecule has 2 heteroatoms. The quantitative estimate of drug-likeness (QED) is 0.448. The molecule has 0 aliphatic heterocycles.